The molecule has 0 radical (unpaired) electrons. The van der Waals surface area contributed by atoms with E-state index in [9.17, 15) is 9.90 Å². The summed E-state index contributed by atoms with van der Waals surface area (Å²) >= 11 is 6.22. The van der Waals surface area contributed by atoms with E-state index in [1.807, 2.05) is 0 Å². The molecule has 6 nitrogen and oxygen atoms in total. The molecule has 0 aliphatic carbocycles. The quantitative estimate of drug-likeness (QED) is 0.811. The van der Waals surface area contributed by atoms with Crippen molar-refractivity contribution in [2.45, 2.75) is 13.0 Å². The first-order chi connectivity index (χ1) is 10.6. The molecule has 112 valence electrons. The molecule has 1 aromatic carbocycles. The zero-order chi connectivity index (χ0) is 15.7. The molecule has 22 heavy (non-hydrogen) atoms. The number of aromatic amines is 1. The second-order valence-corrected chi connectivity index (χ2v) is 5.22. The topological polar surface area (TPSA) is 90.4 Å². The van der Waals surface area contributed by atoms with Gasteiger partial charge in [0, 0.05) is 28.7 Å². The van der Waals surface area contributed by atoms with Crippen LogP contribution < -0.4 is 5.32 Å². The first kappa shape index (κ1) is 14.3. The van der Waals surface area contributed by atoms with Crippen LogP contribution in [0.3, 0.4) is 0 Å². The lowest BCUT2D eigenvalue weighted by Gasteiger charge is -2.24. The van der Waals surface area contributed by atoms with Crippen LogP contribution in [-0.2, 0) is 4.79 Å². The van der Waals surface area contributed by atoms with E-state index in [1.54, 1.807) is 43.6 Å². The first-order valence-electron chi connectivity index (χ1n) is 6.61. The number of amidine groups is 1. The molecule has 3 rings (SSSR count). The maximum absolute atomic E-state index is 11.6. The molecule has 1 aliphatic rings. The summed E-state index contributed by atoms with van der Waals surface area (Å²) in [4.78, 5) is 23.2. The lowest BCUT2D eigenvalue weighted by molar-refractivity contribution is -0.133. The number of halogens is 1. The Morgan fingerprint density at radius 2 is 2.14 bits per heavy atom. The third-order valence-corrected chi connectivity index (χ3v) is 3.74. The minimum Gasteiger partial charge on any atom is -0.478 e. The molecule has 2 heterocycles. The third-order valence-electron chi connectivity index (χ3n) is 3.39. The molecule has 1 aromatic heterocycles. The average molecular weight is 317 g/mol. The highest BCUT2D eigenvalue weighted by atomic mass is 35.5. The molecular formula is C15H13ClN4O2. The Morgan fingerprint density at radius 1 is 1.36 bits per heavy atom. The number of allylic oxidation sites excluding steroid dienone is 1. The minimum atomic E-state index is -1.03. The minimum absolute atomic E-state index is 0.170. The van der Waals surface area contributed by atoms with Gasteiger partial charge in [-0.25, -0.2) is 9.78 Å². The van der Waals surface area contributed by atoms with Crippen LogP contribution in [0.4, 0.5) is 0 Å². The van der Waals surface area contributed by atoms with Crippen molar-refractivity contribution in [1.29, 1.82) is 0 Å². The molecule has 1 unspecified atom stereocenters. The zero-order valence-electron chi connectivity index (χ0n) is 11.7. The van der Waals surface area contributed by atoms with E-state index in [2.05, 4.69) is 20.3 Å². The maximum Gasteiger partial charge on any atom is 0.335 e. The number of hydrogen-bond donors (Lipinski definition) is 3. The number of hydrogen-bond acceptors (Lipinski definition) is 4. The van der Waals surface area contributed by atoms with Crippen molar-refractivity contribution in [1.82, 2.24) is 15.3 Å². The predicted octanol–water partition coefficient (Wildman–Crippen LogP) is 2.51. The van der Waals surface area contributed by atoms with Crippen LogP contribution in [0.5, 0.6) is 0 Å². The fourth-order valence-corrected chi connectivity index (χ4v) is 2.63. The number of aliphatic carboxylic acids is 1. The van der Waals surface area contributed by atoms with Crippen LogP contribution >= 0.6 is 11.6 Å². The molecule has 0 bridgehead atoms. The van der Waals surface area contributed by atoms with Crippen molar-refractivity contribution in [2.75, 3.05) is 0 Å². The number of H-pyrrole nitrogens is 1. The van der Waals surface area contributed by atoms with Crippen molar-refractivity contribution < 1.29 is 9.90 Å². The van der Waals surface area contributed by atoms with Gasteiger partial charge in [0.05, 0.1) is 5.57 Å². The zero-order valence-corrected chi connectivity index (χ0v) is 12.4. The fourth-order valence-electron chi connectivity index (χ4n) is 2.39. The van der Waals surface area contributed by atoms with Crippen molar-refractivity contribution >= 4 is 23.4 Å². The number of aromatic nitrogens is 2. The van der Waals surface area contributed by atoms with E-state index in [0.717, 1.165) is 0 Å². The maximum atomic E-state index is 11.6. The van der Waals surface area contributed by atoms with E-state index in [1.165, 1.54) is 0 Å². The van der Waals surface area contributed by atoms with Crippen molar-refractivity contribution in [3.8, 4) is 0 Å². The third kappa shape index (κ3) is 2.48. The van der Waals surface area contributed by atoms with Crippen LogP contribution in [0.15, 0.2) is 52.9 Å². The summed E-state index contributed by atoms with van der Waals surface area (Å²) in [5, 5.41) is 13.0. The number of benzene rings is 1. The van der Waals surface area contributed by atoms with Gasteiger partial charge in [-0.05, 0) is 13.0 Å². The number of carboxylic acid groups (broad SMARTS) is 1. The highest BCUT2D eigenvalue weighted by molar-refractivity contribution is 6.31. The largest absolute Gasteiger partial charge is 0.478 e. The molecule has 1 aliphatic heterocycles. The summed E-state index contributed by atoms with van der Waals surface area (Å²) < 4.78 is 0. The van der Waals surface area contributed by atoms with Crippen LogP contribution in [0.2, 0.25) is 5.02 Å². The van der Waals surface area contributed by atoms with Gasteiger partial charge in [-0.1, -0.05) is 29.8 Å². The van der Waals surface area contributed by atoms with Crippen molar-refractivity contribution in [3.63, 3.8) is 0 Å². The molecule has 3 N–H and O–H groups in total. The molecule has 2 aromatic rings. The van der Waals surface area contributed by atoms with Crippen molar-refractivity contribution in [3.05, 3.63) is 64.3 Å². The van der Waals surface area contributed by atoms with E-state index in [4.69, 9.17) is 11.6 Å². The van der Waals surface area contributed by atoms with E-state index < -0.39 is 12.0 Å². The van der Waals surface area contributed by atoms with Crippen molar-refractivity contribution in [2.24, 2.45) is 4.99 Å². The highest BCUT2D eigenvalue weighted by Gasteiger charge is 2.31. The van der Waals surface area contributed by atoms with Gasteiger partial charge in [-0.15, -0.1) is 0 Å². The number of nitrogens with zero attached hydrogens (tertiary/aromatic N) is 2. The Kier molecular flexibility index (Phi) is 3.68. The predicted molar refractivity (Wildman–Crippen MR) is 82.8 cm³/mol. The molecule has 0 saturated carbocycles. The van der Waals surface area contributed by atoms with Gasteiger partial charge in [-0.3, -0.25) is 4.99 Å². The molecule has 0 spiro atoms. The highest BCUT2D eigenvalue weighted by Crippen LogP contribution is 2.35. The number of carbonyl (C=O) groups is 1. The Balaban J connectivity index is 2.14. The van der Waals surface area contributed by atoms with E-state index in [-0.39, 0.29) is 5.57 Å². The van der Waals surface area contributed by atoms with Crippen LogP contribution in [-0.4, -0.2) is 26.9 Å². The fraction of sp³-hybridized carbons (Fsp3) is 0.133. The average Bonchev–Trinajstić information content (AvgIpc) is 3.00. The van der Waals surface area contributed by atoms with Gasteiger partial charge >= 0.3 is 5.97 Å². The molecular weight excluding hydrogens is 304 g/mol. The number of imidazole rings is 1. The summed E-state index contributed by atoms with van der Waals surface area (Å²) in [5.41, 5.74) is 1.33. The Bertz CT molecular complexity index is 781. The second kappa shape index (κ2) is 5.65. The monoisotopic (exact) mass is 316 g/mol. The molecule has 0 saturated heterocycles. The van der Waals surface area contributed by atoms with Crippen LogP contribution in [0.1, 0.15) is 24.4 Å². The number of aliphatic imine (C=N–C) groups is 1. The second-order valence-electron chi connectivity index (χ2n) is 4.81. The van der Waals surface area contributed by atoms with Gasteiger partial charge in [0.2, 0.25) is 0 Å². The van der Waals surface area contributed by atoms with Gasteiger partial charge < -0.3 is 15.4 Å². The van der Waals surface area contributed by atoms with E-state index in [0.29, 0.717) is 27.9 Å². The molecule has 0 amide bonds. The first-order valence-corrected chi connectivity index (χ1v) is 6.98. The number of rotatable bonds is 3. The van der Waals surface area contributed by atoms with Gasteiger partial charge in [-0.2, -0.15) is 0 Å². The standard InChI is InChI=1S/C15H13ClN4O2/c1-8-11(15(21)22)12(9-4-2-3-5-10(9)16)20-14(19-8)13-17-6-7-18-13/h2-7,12H,1H3,(H,17,18)(H,19,20)(H,21,22). The summed E-state index contributed by atoms with van der Waals surface area (Å²) in [6, 6.07) is 6.40. The summed E-state index contributed by atoms with van der Waals surface area (Å²) in [6.45, 7) is 1.70. The van der Waals surface area contributed by atoms with E-state index >= 15 is 0 Å². The Hall–Kier alpha value is -2.60. The molecule has 1 atom stereocenters. The Labute approximate surface area is 131 Å². The SMILES string of the molecule is CC1=C(C(=O)O)C(c2ccccc2Cl)N=C(c2ncc[nH]2)N1. The van der Waals surface area contributed by atoms with Crippen LogP contribution in [0.25, 0.3) is 0 Å². The molecule has 0 fully saturated rings. The van der Waals surface area contributed by atoms with Crippen LogP contribution in [0, 0.1) is 0 Å². The Morgan fingerprint density at radius 3 is 2.77 bits per heavy atom. The van der Waals surface area contributed by atoms with Gasteiger partial charge in [0.15, 0.2) is 11.7 Å². The number of nitrogens with one attached hydrogen (secondary N) is 2. The lowest BCUT2D eigenvalue weighted by atomic mass is 9.96. The summed E-state index contributed by atoms with van der Waals surface area (Å²) in [5.74, 6) is -0.00423. The summed E-state index contributed by atoms with van der Waals surface area (Å²) in [6.07, 6.45) is 3.28. The molecule has 7 heteroatoms. The van der Waals surface area contributed by atoms with Gasteiger partial charge in [0.25, 0.3) is 0 Å². The lowest BCUT2D eigenvalue weighted by Crippen LogP contribution is -2.33. The smallest absolute Gasteiger partial charge is 0.335 e. The number of carboxylic acids is 1. The normalized spacial score (nSPS) is 17.9. The van der Waals surface area contributed by atoms with Gasteiger partial charge in [0.1, 0.15) is 6.04 Å². The summed E-state index contributed by atoms with van der Waals surface area (Å²) in [7, 11) is 0.